The van der Waals surface area contributed by atoms with Crippen molar-refractivity contribution in [3.8, 4) is 0 Å². The standard InChI is InChI=1S/C13H13N5S.C5H10.H2/c1-9-3-4-10-11(7-9)18(13-15-8-16-19-13)12-14-5-2-6-17(10)12;1-5(2)3-4-5;/h3-4,7-8H,2,5-6H2,1H3;3-4H2,1-2H3;1H. The average molecular weight is 344 g/mol. The molecular formula is C18H25N5S. The third-order valence-corrected chi connectivity index (χ3v) is 5.34. The molecule has 1 aromatic heterocycles. The van der Waals surface area contributed by atoms with Crippen LogP contribution in [0.4, 0.5) is 16.5 Å². The van der Waals surface area contributed by atoms with Crippen molar-refractivity contribution in [2.75, 3.05) is 22.9 Å². The van der Waals surface area contributed by atoms with Crippen molar-refractivity contribution in [2.45, 2.75) is 40.0 Å². The van der Waals surface area contributed by atoms with Crippen LogP contribution >= 0.6 is 11.5 Å². The van der Waals surface area contributed by atoms with Crippen LogP contribution in [0.1, 0.15) is 40.1 Å². The van der Waals surface area contributed by atoms with Crippen LogP contribution in [0.3, 0.4) is 0 Å². The molecule has 3 heterocycles. The summed E-state index contributed by atoms with van der Waals surface area (Å²) >= 11 is 1.40. The Labute approximate surface area is 148 Å². The number of hydrogen-bond donors (Lipinski definition) is 0. The van der Waals surface area contributed by atoms with Crippen molar-refractivity contribution in [3.63, 3.8) is 0 Å². The zero-order valence-corrected chi connectivity index (χ0v) is 15.3. The minimum absolute atomic E-state index is 0. The summed E-state index contributed by atoms with van der Waals surface area (Å²) in [5, 5.41) is 0.884. The van der Waals surface area contributed by atoms with Crippen LogP contribution in [0.15, 0.2) is 29.5 Å². The fourth-order valence-electron chi connectivity index (χ4n) is 2.87. The molecule has 2 aromatic rings. The molecule has 0 radical (unpaired) electrons. The second kappa shape index (κ2) is 5.84. The molecule has 128 valence electrons. The molecule has 0 saturated heterocycles. The van der Waals surface area contributed by atoms with Gasteiger partial charge in [-0.25, -0.2) is 4.98 Å². The van der Waals surface area contributed by atoms with Crippen LogP contribution in [0.2, 0.25) is 0 Å². The van der Waals surface area contributed by atoms with E-state index in [0.29, 0.717) is 0 Å². The Balaban J connectivity index is 0.000000264. The number of hydrogen-bond acceptors (Lipinski definition) is 6. The lowest BCUT2D eigenvalue weighted by Gasteiger charge is -2.25. The van der Waals surface area contributed by atoms with E-state index >= 15 is 0 Å². The van der Waals surface area contributed by atoms with Gasteiger partial charge in [-0.2, -0.15) is 4.37 Å². The first-order chi connectivity index (χ1) is 11.6. The molecule has 1 aromatic carbocycles. The Hall–Kier alpha value is -1.95. The van der Waals surface area contributed by atoms with E-state index < -0.39 is 0 Å². The van der Waals surface area contributed by atoms with Crippen LogP contribution < -0.4 is 9.80 Å². The van der Waals surface area contributed by atoms with E-state index in [2.05, 4.69) is 63.1 Å². The van der Waals surface area contributed by atoms with E-state index in [9.17, 15) is 0 Å². The summed E-state index contributed by atoms with van der Waals surface area (Å²) in [5.41, 5.74) is 4.38. The number of fused-ring (bicyclic) bond motifs is 3. The summed E-state index contributed by atoms with van der Waals surface area (Å²) in [5.74, 6) is 0.989. The van der Waals surface area contributed by atoms with E-state index in [-0.39, 0.29) is 1.43 Å². The molecule has 3 aliphatic rings. The zero-order chi connectivity index (χ0) is 16.7. The molecule has 0 bridgehead atoms. The number of aryl methyl sites for hydroxylation is 1. The third-order valence-electron chi connectivity index (χ3n) is 4.69. The van der Waals surface area contributed by atoms with Crippen molar-refractivity contribution in [3.05, 3.63) is 30.1 Å². The van der Waals surface area contributed by atoms with Gasteiger partial charge in [-0.3, -0.25) is 9.89 Å². The van der Waals surface area contributed by atoms with Gasteiger partial charge in [-0.15, -0.1) is 0 Å². The Morgan fingerprint density at radius 2 is 2.00 bits per heavy atom. The normalized spacial score (nSPS) is 19.9. The van der Waals surface area contributed by atoms with E-state index in [1.807, 2.05) is 0 Å². The van der Waals surface area contributed by atoms with Crippen LogP contribution in [0, 0.1) is 12.3 Å². The lowest BCUT2D eigenvalue weighted by Crippen LogP contribution is -2.39. The van der Waals surface area contributed by atoms with Gasteiger partial charge >= 0.3 is 0 Å². The number of aromatic nitrogens is 2. The number of anilines is 3. The van der Waals surface area contributed by atoms with E-state index in [1.54, 1.807) is 6.33 Å². The highest BCUT2D eigenvalue weighted by Crippen LogP contribution is 2.44. The molecule has 2 aliphatic heterocycles. The summed E-state index contributed by atoms with van der Waals surface area (Å²) in [6.45, 7) is 8.61. The van der Waals surface area contributed by atoms with Crippen LogP contribution in [-0.2, 0) is 0 Å². The smallest absolute Gasteiger partial charge is 0.216 e. The molecule has 0 spiro atoms. The largest absolute Gasteiger partial charge is 0.310 e. The topological polar surface area (TPSA) is 44.6 Å². The number of aliphatic imine (C=N–C) groups is 1. The van der Waals surface area contributed by atoms with E-state index in [4.69, 9.17) is 0 Å². The average Bonchev–Trinajstić information content (AvgIpc) is 2.99. The summed E-state index contributed by atoms with van der Waals surface area (Å²) in [4.78, 5) is 13.4. The van der Waals surface area contributed by atoms with Crippen molar-refractivity contribution in [1.29, 1.82) is 0 Å². The Morgan fingerprint density at radius 1 is 1.21 bits per heavy atom. The van der Waals surface area contributed by atoms with E-state index in [1.165, 1.54) is 35.6 Å². The van der Waals surface area contributed by atoms with Gasteiger partial charge in [-0.1, -0.05) is 19.9 Å². The second-order valence-corrected chi connectivity index (χ2v) is 8.16. The predicted octanol–water partition coefficient (Wildman–Crippen LogP) is 4.62. The maximum Gasteiger partial charge on any atom is 0.216 e. The summed E-state index contributed by atoms with van der Waals surface area (Å²) < 4.78 is 4.12. The van der Waals surface area contributed by atoms with Gasteiger partial charge in [0.15, 0.2) is 0 Å². The van der Waals surface area contributed by atoms with Crippen molar-refractivity contribution < 1.29 is 1.43 Å². The maximum atomic E-state index is 4.68. The van der Waals surface area contributed by atoms with Crippen molar-refractivity contribution in [2.24, 2.45) is 10.4 Å². The molecule has 24 heavy (non-hydrogen) atoms. The highest BCUT2D eigenvalue weighted by molar-refractivity contribution is 7.10. The second-order valence-electron chi connectivity index (χ2n) is 7.40. The van der Waals surface area contributed by atoms with Gasteiger partial charge in [0.05, 0.1) is 11.4 Å². The number of guanidine groups is 1. The third kappa shape index (κ3) is 2.90. The monoisotopic (exact) mass is 343 g/mol. The summed E-state index contributed by atoms with van der Waals surface area (Å²) in [6.07, 6.45) is 5.60. The van der Waals surface area contributed by atoms with Gasteiger partial charge in [0.25, 0.3) is 0 Å². The first-order valence-electron chi connectivity index (χ1n) is 8.55. The Bertz CT molecular complexity index is 766. The van der Waals surface area contributed by atoms with Crippen LogP contribution in [0.25, 0.3) is 0 Å². The molecule has 0 atom stereocenters. The fourth-order valence-corrected chi connectivity index (χ4v) is 3.41. The van der Waals surface area contributed by atoms with E-state index in [0.717, 1.165) is 41.7 Å². The quantitative estimate of drug-likeness (QED) is 0.758. The number of benzene rings is 1. The van der Waals surface area contributed by atoms with Crippen molar-refractivity contribution >= 4 is 34.0 Å². The van der Waals surface area contributed by atoms with Gasteiger partial charge < -0.3 is 4.90 Å². The lowest BCUT2D eigenvalue weighted by molar-refractivity contribution is 0.653. The molecule has 6 heteroatoms. The van der Waals surface area contributed by atoms with Crippen molar-refractivity contribution in [1.82, 2.24) is 9.36 Å². The minimum atomic E-state index is 0. The minimum Gasteiger partial charge on any atom is -0.310 e. The molecule has 5 rings (SSSR count). The van der Waals surface area contributed by atoms with Gasteiger partial charge in [0, 0.05) is 26.0 Å². The SMILES string of the molecule is CC1(C)CC1.Cc1ccc2c(c1)N(c1ncns1)C1=NCCCN12.[HH]. The Morgan fingerprint density at radius 3 is 2.67 bits per heavy atom. The first-order valence-corrected chi connectivity index (χ1v) is 9.32. The lowest BCUT2D eigenvalue weighted by atomic mass is 10.2. The predicted molar refractivity (Wildman–Crippen MR) is 103 cm³/mol. The van der Waals surface area contributed by atoms with Crippen LogP contribution in [-0.4, -0.2) is 28.4 Å². The summed E-state index contributed by atoms with van der Waals surface area (Å²) in [6, 6.07) is 6.51. The molecule has 1 fully saturated rings. The highest BCUT2D eigenvalue weighted by atomic mass is 32.1. The fraction of sp³-hybridized carbons (Fsp3) is 0.500. The first kappa shape index (κ1) is 15.6. The molecular weight excluding hydrogens is 318 g/mol. The molecule has 0 N–H and O–H groups in total. The van der Waals surface area contributed by atoms with Gasteiger partial charge in [0.2, 0.25) is 11.1 Å². The Kier molecular flexibility index (Phi) is 3.79. The highest BCUT2D eigenvalue weighted by Gasteiger charge is 2.36. The molecule has 0 unspecified atom stereocenters. The van der Waals surface area contributed by atoms with Crippen LogP contribution in [0.5, 0.6) is 0 Å². The van der Waals surface area contributed by atoms with Gasteiger partial charge in [0.1, 0.15) is 6.33 Å². The molecule has 1 saturated carbocycles. The molecule has 0 amide bonds. The maximum absolute atomic E-state index is 4.68. The number of nitrogens with zero attached hydrogens (tertiary/aromatic N) is 5. The zero-order valence-electron chi connectivity index (χ0n) is 14.5. The molecule has 5 nitrogen and oxygen atoms in total. The van der Waals surface area contributed by atoms with Gasteiger partial charge in [-0.05, 0) is 49.3 Å². The molecule has 1 aliphatic carbocycles. The number of rotatable bonds is 1. The summed E-state index contributed by atoms with van der Waals surface area (Å²) in [7, 11) is 0.